The van der Waals surface area contributed by atoms with Gasteiger partial charge in [-0.05, 0) is 24.9 Å². The van der Waals surface area contributed by atoms with Crippen LogP contribution in [-0.4, -0.2) is 15.9 Å². The molecule has 1 heterocycles. The molecular formula is C7H13N3S. The van der Waals surface area contributed by atoms with Gasteiger partial charge in [0.15, 0.2) is 0 Å². The molecule has 4 heteroatoms. The molecule has 0 saturated heterocycles. The first-order chi connectivity index (χ1) is 5.27. The summed E-state index contributed by atoms with van der Waals surface area (Å²) >= 11 is 1.47. The lowest BCUT2D eigenvalue weighted by molar-refractivity contribution is 0.667. The average Bonchev–Trinajstić information content (AvgIpc) is 2.39. The Hall–Kier alpha value is -0.480. The molecule has 0 saturated carbocycles. The SMILES string of the molecule is CCC(CN)c1nc(C)ns1. The molecule has 1 rings (SSSR count). The van der Waals surface area contributed by atoms with Crippen LogP contribution in [0.5, 0.6) is 0 Å². The average molecular weight is 171 g/mol. The maximum atomic E-state index is 5.56. The summed E-state index contributed by atoms with van der Waals surface area (Å²) < 4.78 is 4.11. The van der Waals surface area contributed by atoms with Crippen LogP contribution in [0.4, 0.5) is 0 Å². The highest BCUT2D eigenvalue weighted by molar-refractivity contribution is 7.05. The molecule has 0 aliphatic rings. The lowest BCUT2D eigenvalue weighted by Crippen LogP contribution is -2.11. The molecular weight excluding hydrogens is 158 g/mol. The fraction of sp³-hybridized carbons (Fsp3) is 0.714. The summed E-state index contributed by atoms with van der Waals surface area (Å²) in [5, 5.41) is 1.08. The fourth-order valence-corrected chi connectivity index (χ4v) is 1.77. The minimum absolute atomic E-state index is 0.404. The zero-order valence-corrected chi connectivity index (χ0v) is 7.69. The molecule has 0 bridgehead atoms. The second-order valence-electron chi connectivity index (χ2n) is 2.52. The van der Waals surface area contributed by atoms with Gasteiger partial charge in [0, 0.05) is 12.5 Å². The first kappa shape index (κ1) is 8.62. The van der Waals surface area contributed by atoms with Crippen LogP contribution in [-0.2, 0) is 0 Å². The zero-order valence-electron chi connectivity index (χ0n) is 6.87. The van der Waals surface area contributed by atoms with Crippen molar-refractivity contribution in [1.82, 2.24) is 9.36 Å². The molecule has 2 N–H and O–H groups in total. The molecule has 0 fully saturated rings. The van der Waals surface area contributed by atoms with E-state index in [1.54, 1.807) is 0 Å². The van der Waals surface area contributed by atoms with Gasteiger partial charge in [0.25, 0.3) is 0 Å². The summed E-state index contributed by atoms with van der Waals surface area (Å²) in [7, 11) is 0. The lowest BCUT2D eigenvalue weighted by atomic mass is 10.1. The smallest absolute Gasteiger partial charge is 0.139 e. The van der Waals surface area contributed by atoms with Gasteiger partial charge < -0.3 is 5.73 Å². The minimum atomic E-state index is 0.404. The van der Waals surface area contributed by atoms with Crippen molar-refractivity contribution in [3.63, 3.8) is 0 Å². The molecule has 3 nitrogen and oxygen atoms in total. The standard InChI is InChI=1S/C7H13N3S/c1-3-6(4-8)7-9-5(2)10-11-7/h6H,3-4,8H2,1-2H3. The third-order valence-electron chi connectivity index (χ3n) is 1.67. The highest BCUT2D eigenvalue weighted by Crippen LogP contribution is 2.19. The Morgan fingerprint density at radius 3 is 2.73 bits per heavy atom. The summed E-state index contributed by atoms with van der Waals surface area (Å²) in [6, 6.07) is 0. The molecule has 0 aliphatic carbocycles. The van der Waals surface area contributed by atoms with Crippen LogP contribution in [0.1, 0.15) is 30.1 Å². The summed E-state index contributed by atoms with van der Waals surface area (Å²) in [6.07, 6.45) is 1.05. The van der Waals surface area contributed by atoms with E-state index in [-0.39, 0.29) is 0 Å². The van der Waals surface area contributed by atoms with E-state index in [0.717, 1.165) is 17.3 Å². The van der Waals surface area contributed by atoms with Crippen molar-refractivity contribution in [2.75, 3.05) is 6.54 Å². The van der Waals surface area contributed by atoms with Gasteiger partial charge in [-0.15, -0.1) is 0 Å². The second-order valence-corrected chi connectivity index (χ2v) is 3.30. The van der Waals surface area contributed by atoms with E-state index in [2.05, 4.69) is 16.3 Å². The predicted molar refractivity (Wildman–Crippen MR) is 46.7 cm³/mol. The molecule has 11 heavy (non-hydrogen) atoms. The van der Waals surface area contributed by atoms with Crippen LogP contribution in [0.15, 0.2) is 0 Å². The van der Waals surface area contributed by atoms with E-state index in [1.165, 1.54) is 11.5 Å². The predicted octanol–water partition coefficient (Wildman–Crippen LogP) is 1.30. The Balaban J connectivity index is 2.73. The van der Waals surface area contributed by atoms with Crippen LogP contribution >= 0.6 is 11.5 Å². The van der Waals surface area contributed by atoms with E-state index in [1.807, 2.05) is 6.92 Å². The fourth-order valence-electron chi connectivity index (χ4n) is 0.921. The van der Waals surface area contributed by atoms with E-state index in [9.17, 15) is 0 Å². The van der Waals surface area contributed by atoms with Crippen molar-refractivity contribution in [3.05, 3.63) is 10.8 Å². The second kappa shape index (κ2) is 3.78. The van der Waals surface area contributed by atoms with Crippen LogP contribution < -0.4 is 5.73 Å². The third-order valence-corrected chi connectivity index (χ3v) is 2.64. The zero-order chi connectivity index (χ0) is 8.27. The maximum absolute atomic E-state index is 5.56. The summed E-state index contributed by atoms with van der Waals surface area (Å²) in [4.78, 5) is 4.28. The third kappa shape index (κ3) is 1.97. The first-order valence-electron chi connectivity index (χ1n) is 3.78. The largest absolute Gasteiger partial charge is 0.330 e. The Morgan fingerprint density at radius 2 is 2.36 bits per heavy atom. The number of nitrogens with two attached hydrogens (primary N) is 1. The molecule has 1 aromatic rings. The number of hydrogen-bond donors (Lipinski definition) is 1. The molecule has 1 unspecified atom stereocenters. The normalized spacial score (nSPS) is 13.4. The summed E-state index contributed by atoms with van der Waals surface area (Å²) in [6.45, 7) is 4.70. The quantitative estimate of drug-likeness (QED) is 0.745. The van der Waals surface area contributed by atoms with Crippen molar-refractivity contribution < 1.29 is 0 Å². The van der Waals surface area contributed by atoms with Gasteiger partial charge in [-0.2, -0.15) is 4.37 Å². The highest BCUT2D eigenvalue weighted by atomic mass is 32.1. The van der Waals surface area contributed by atoms with Gasteiger partial charge in [0.05, 0.1) is 0 Å². The van der Waals surface area contributed by atoms with Crippen LogP contribution in [0, 0.1) is 6.92 Å². The molecule has 1 atom stereocenters. The van der Waals surface area contributed by atoms with Crippen LogP contribution in [0.2, 0.25) is 0 Å². The molecule has 0 amide bonds. The molecule has 62 valence electrons. The maximum Gasteiger partial charge on any atom is 0.139 e. The lowest BCUT2D eigenvalue weighted by Gasteiger charge is -2.05. The number of rotatable bonds is 3. The van der Waals surface area contributed by atoms with Crippen molar-refractivity contribution in [2.45, 2.75) is 26.2 Å². The Bertz CT molecular complexity index is 217. The van der Waals surface area contributed by atoms with Crippen molar-refractivity contribution in [1.29, 1.82) is 0 Å². The molecule has 0 spiro atoms. The highest BCUT2D eigenvalue weighted by Gasteiger charge is 2.11. The summed E-state index contributed by atoms with van der Waals surface area (Å²) in [5.74, 6) is 1.26. The van der Waals surface area contributed by atoms with Crippen molar-refractivity contribution in [2.24, 2.45) is 5.73 Å². The number of hydrogen-bond acceptors (Lipinski definition) is 4. The van der Waals surface area contributed by atoms with E-state index >= 15 is 0 Å². The van der Waals surface area contributed by atoms with Gasteiger partial charge in [-0.1, -0.05) is 6.92 Å². The van der Waals surface area contributed by atoms with Gasteiger partial charge >= 0.3 is 0 Å². The number of aromatic nitrogens is 2. The van der Waals surface area contributed by atoms with Gasteiger partial charge in [-0.25, -0.2) is 4.98 Å². The monoisotopic (exact) mass is 171 g/mol. The van der Waals surface area contributed by atoms with E-state index < -0.39 is 0 Å². The van der Waals surface area contributed by atoms with Gasteiger partial charge in [-0.3, -0.25) is 0 Å². The minimum Gasteiger partial charge on any atom is -0.330 e. The van der Waals surface area contributed by atoms with Crippen molar-refractivity contribution >= 4 is 11.5 Å². The topological polar surface area (TPSA) is 51.8 Å². The Labute approximate surface area is 70.8 Å². The molecule has 0 aliphatic heterocycles. The van der Waals surface area contributed by atoms with Crippen molar-refractivity contribution in [3.8, 4) is 0 Å². The number of aryl methyl sites for hydroxylation is 1. The van der Waals surface area contributed by atoms with E-state index in [0.29, 0.717) is 12.5 Å². The first-order valence-corrected chi connectivity index (χ1v) is 4.55. The Morgan fingerprint density at radius 1 is 1.64 bits per heavy atom. The number of nitrogens with zero attached hydrogens (tertiary/aromatic N) is 2. The van der Waals surface area contributed by atoms with Crippen LogP contribution in [0.3, 0.4) is 0 Å². The van der Waals surface area contributed by atoms with Gasteiger partial charge in [0.2, 0.25) is 0 Å². The summed E-state index contributed by atoms with van der Waals surface area (Å²) in [5.41, 5.74) is 5.56. The molecule has 0 radical (unpaired) electrons. The Kier molecular flexibility index (Phi) is 2.96. The van der Waals surface area contributed by atoms with Crippen LogP contribution in [0.25, 0.3) is 0 Å². The molecule has 0 aromatic carbocycles. The molecule has 1 aromatic heterocycles. The van der Waals surface area contributed by atoms with E-state index in [4.69, 9.17) is 5.73 Å². The van der Waals surface area contributed by atoms with Gasteiger partial charge in [0.1, 0.15) is 10.8 Å².